The van der Waals surface area contributed by atoms with Crippen molar-refractivity contribution in [2.75, 3.05) is 23.4 Å². The van der Waals surface area contributed by atoms with Crippen LogP contribution in [0.1, 0.15) is 17.7 Å². The number of halogens is 4. The Morgan fingerprint density at radius 3 is 2.66 bits per heavy atom. The number of nitrogens with zero attached hydrogens (tertiary/aromatic N) is 1. The maximum absolute atomic E-state index is 13.2. The number of alkyl halides is 3. The molecule has 0 saturated carbocycles. The summed E-state index contributed by atoms with van der Waals surface area (Å²) in [7, 11) is -3.21. The molecule has 6 nitrogen and oxygen atoms in total. The van der Waals surface area contributed by atoms with E-state index < -0.39 is 39.2 Å². The summed E-state index contributed by atoms with van der Waals surface area (Å²) in [5.74, 6) is -0.294. The van der Waals surface area contributed by atoms with Gasteiger partial charge in [0, 0.05) is 11.1 Å². The Kier molecular flexibility index (Phi) is 6.25. The predicted octanol–water partition coefficient (Wildman–Crippen LogP) is 3.58. The smallest absolute Gasteiger partial charge is 0.418 e. The molecular formula is C18H18ClF3N2O4S. The number of carbonyl (C=O) groups is 1. The molecule has 1 aliphatic heterocycles. The summed E-state index contributed by atoms with van der Waals surface area (Å²) in [6.07, 6.45) is -2.91. The first-order chi connectivity index (χ1) is 13.5. The molecule has 1 amide bonds. The molecule has 2 heterocycles. The first-order valence-corrected chi connectivity index (χ1v) is 10.9. The van der Waals surface area contributed by atoms with E-state index in [2.05, 4.69) is 5.32 Å². The molecule has 3 rings (SSSR count). The average Bonchev–Trinajstić information content (AvgIpc) is 3.24. The first-order valence-electron chi connectivity index (χ1n) is 8.67. The number of sulfone groups is 1. The maximum Gasteiger partial charge on any atom is 0.418 e. The van der Waals surface area contributed by atoms with Gasteiger partial charge in [0.25, 0.3) is 0 Å². The van der Waals surface area contributed by atoms with Gasteiger partial charge in [-0.05, 0) is 36.8 Å². The van der Waals surface area contributed by atoms with Gasteiger partial charge < -0.3 is 9.73 Å². The van der Waals surface area contributed by atoms with E-state index in [9.17, 15) is 26.4 Å². The van der Waals surface area contributed by atoms with E-state index in [1.807, 2.05) is 0 Å². The van der Waals surface area contributed by atoms with E-state index in [1.54, 1.807) is 17.0 Å². The lowest BCUT2D eigenvalue weighted by molar-refractivity contribution is -0.137. The quantitative estimate of drug-likeness (QED) is 0.727. The predicted molar refractivity (Wildman–Crippen MR) is 101 cm³/mol. The zero-order valence-corrected chi connectivity index (χ0v) is 16.6. The van der Waals surface area contributed by atoms with Gasteiger partial charge in [0.15, 0.2) is 9.84 Å². The van der Waals surface area contributed by atoms with E-state index in [0.29, 0.717) is 12.2 Å². The van der Waals surface area contributed by atoms with Crippen molar-refractivity contribution < 1.29 is 30.8 Å². The minimum Gasteiger partial charge on any atom is -0.468 e. The van der Waals surface area contributed by atoms with Gasteiger partial charge in [0.05, 0.1) is 42.1 Å². The number of carbonyl (C=O) groups excluding carboxylic acids is 1. The lowest BCUT2D eigenvalue weighted by Crippen LogP contribution is -2.41. The van der Waals surface area contributed by atoms with E-state index >= 15 is 0 Å². The lowest BCUT2D eigenvalue weighted by Gasteiger charge is -2.26. The van der Waals surface area contributed by atoms with Crippen LogP contribution in [-0.4, -0.2) is 43.3 Å². The number of amides is 1. The Morgan fingerprint density at radius 2 is 2.07 bits per heavy atom. The van der Waals surface area contributed by atoms with Crippen LogP contribution in [0.5, 0.6) is 0 Å². The van der Waals surface area contributed by atoms with Crippen molar-refractivity contribution in [1.29, 1.82) is 0 Å². The van der Waals surface area contributed by atoms with Crippen LogP contribution in [0.4, 0.5) is 18.9 Å². The SMILES string of the molecule is O=C(CN(Cc1ccco1)C1CCS(=O)(=O)C1)Nc1ccc(Cl)cc1C(F)(F)F. The monoisotopic (exact) mass is 450 g/mol. The fourth-order valence-electron chi connectivity index (χ4n) is 3.21. The zero-order chi connectivity index (χ0) is 21.2. The Balaban J connectivity index is 1.77. The van der Waals surface area contributed by atoms with Gasteiger partial charge in [0.2, 0.25) is 5.91 Å². The number of rotatable bonds is 6. The summed E-state index contributed by atoms with van der Waals surface area (Å²) in [4.78, 5) is 14.1. The average molecular weight is 451 g/mol. The van der Waals surface area contributed by atoms with Crippen LogP contribution in [0, 0.1) is 0 Å². The molecule has 0 aliphatic carbocycles. The Morgan fingerprint density at radius 1 is 1.31 bits per heavy atom. The van der Waals surface area contributed by atoms with Gasteiger partial charge in [-0.2, -0.15) is 13.2 Å². The standard InChI is InChI=1S/C18H18ClF3N2O4S/c19-12-3-4-16(15(8-12)18(20,21)22)23-17(25)10-24(9-14-2-1-6-28-14)13-5-7-29(26,27)11-13/h1-4,6,8,13H,5,7,9-11H2,(H,23,25). The fraction of sp³-hybridized carbons (Fsp3) is 0.389. The van der Waals surface area contributed by atoms with Crippen molar-refractivity contribution >= 4 is 33.0 Å². The molecule has 29 heavy (non-hydrogen) atoms. The third-order valence-corrected chi connectivity index (χ3v) is 6.56. The molecule has 0 bridgehead atoms. The lowest BCUT2D eigenvalue weighted by atomic mass is 10.1. The molecule has 1 N–H and O–H groups in total. The number of hydrogen-bond acceptors (Lipinski definition) is 5. The molecule has 1 unspecified atom stereocenters. The van der Waals surface area contributed by atoms with Crippen LogP contribution in [0.3, 0.4) is 0 Å². The molecule has 0 radical (unpaired) electrons. The van der Waals surface area contributed by atoms with Crippen LogP contribution in [-0.2, 0) is 27.4 Å². The normalized spacial score (nSPS) is 18.9. The van der Waals surface area contributed by atoms with Crippen molar-refractivity contribution in [2.24, 2.45) is 0 Å². The highest BCUT2D eigenvalue weighted by Crippen LogP contribution is 2.36. The highest BCUT2D eigenvalue weighted by atomic mass is 35.5. The zero-order valence-electron chi connectivity index (χ0n) is 15.1. The van der Waals surface area contributed by atoms with Gasteiger partial charge in [-0.1, -0.05) is 11.6 Å². The van der Waals surface area contributed by atoms with Crippen LogP contribution < -0.4 is 5.32 Å². The highest BCUT2D eigenvalue weighted by molar-refractivity contribution is 7.91. The molecule has 1 aromatic heterocycles. The fourth-order valence-corrected chi connectivity index (χ4v) is 5.15. The summed E-state index contributed by atoms with van der Waals surface area (Å²) in [6, 6.07) is 5.97. The van der Waals surface area contributed by atoms with Crippen molar-refractivity contribution in [1.82, 2.24) is 4.90 Å². The molecule has 1 fully saturated rings. The second-order valence-electron chi connectivity index (χ2n) is 6.78. The van der Waals surface area contributed by atoms with Crippen molar-refractivity contribution in [3.05, 3.63) is 52.9 Å². The van der Waals surface area contributed by atoms with E-state index in [0.717, 1.165) is 12.1 Å². The van der Waals surface area contributed by atoms with Crippen LogP contribution >= 0.6 is 11.6 Å². The van der Waals surface area contributed by atoms with Gasteiger partial charge in [0.1, 0.15) is 5.76 Å². The van der Waals surface area contributed by atoms with Gasteiger partial charge in [-0.25, -0.2) is 8.42 Å². The second kappa shape index (κ2) is 8.37. The molecule has 158 valence electrons. The molecule has 1 saturated heterocycles. The summed E-state index contributed by atoms with van der Waals surface area (Å²) in [5, 5.41) is 2.15. The Bertz CT molecular complexity index is 977. The van der Waals surface area contributed by atoms with Crippen molar-refractivity contribution in [3.63, 3.8) is 0 Å². The largest absolute Gasteiger partial charge is 0.468 e. The van der Waals surface area contributed by atoms with Crippen molar-refractivity contribution in [3.8, 4) is 0 Å². The number of hydrogen-bond donors (Lipinski definition) is 1. The topological polar surface area (TPSA) is 79.6 Å². The highest BCUT2D eigenvalue weighted by Gasteiger charge is 2.36. The molecule has 1 aliphatic rings. The second-order valence-corrected chi connectivity index (χ2v) is 9.44. The van der Waals surface area contributed by atoms with E-state index in [-0.39, 0.29) is 29.6 Å². The molecule has 2 aromatic rings. The van der Waals surface area contributed by atoms with Gasteiger partial charge >= 0.3 is 6.18 Å². The molecule has 1 atom stereocenters. The summed E-state index contributed by atoms with van der Waals surface area (Å²) < 4.78 is 68.6. The number of nitrogens with one attached hydrogen (secondary N) is 1. The van der Waals surface area contributed by atoms with Gasteiger partial charge in [-0.15, -0.1) is 0 Å². The summed E-state index contributed by atoms with van der Waals surface area (Å²) in [6.45, 7) is -0.131. The van der Waals surface area contributed by atoms with Crippen LogP contribution in [0.15, 0.2) is 41.0 Å². The number of benzene rings is 1. The molecule has 0 spiro atoms. The maximum atomic E-state index is 13.2. The summed E-state index contributed by atoms with van der Waals surface area (Å²) in [5.41, 5.74) is -1.47. The molecule has 11 heteroatoms. The van der Waals surface area contributed by atoms with E-state index in [1.165, 1.54) is 12.3 Å². The third-order valence-electron chi connectivity index (χ3n) is 4.57. The first kappa shape index (κ1) is 21.7. The Labute approximate surface area is 170 Å². The minimum absolute atomic E-state index is 0.00332. The third kappa shape index (κ3) is 5.74. The van der Waals surface area contributed by atoms with Gasteiger partial charge in [-0.3, -0.25) is 9.69 Å². The Hall–Kier alpha value is -2.04. The van der Waals surface area contributed by atoms with Crippen LogP contribution in [0.25, 0.3) is 0 Å². The summed E-state index contributed by atoms with van der Waals surface area (Å²) >= 11 is 5.65. The molecular weight excluding hydrogens is 433 g/mol. The van der Waals surface area contributed by atoms with E-state index in [4.69, 9.17) is 16.0 Å². The van der Waals surface area contributed by atoms with Crippen molar-refractivity contribution in [2.45, 2.75) is 25.2 Å². The number of anilines is 1. The number of furan rings is 1. The van der Waals surface area contributed by atoms with Crippen LogP contribution in [0.2, 0.25) is 5.02 Å². The molecule has 1 aromatic carbocycles. The minimum atomic E-state index is -4.69.